The fraction of sp³-hybridized carbons (Fsp3) is 0.609. The summed E-state index contributed by atoms with van der Waals surface area (Å²) >= 11 is 0. The van der Waals surface area contributed by atoms with Gasteiger partial charge in [-0.15, -0.1) is 0 Å². The van der Waals surface area contributed by atoms with Gasteiger partial charge in [-0.3, -0.25) is 14.4 Å². The van der Waals surface area contributed by atoms with Crippen molar-refractivity contribution >= 4 is 23.4 Å². The number of piperidine rings is 1. The summed E-state index contributed by atoms with van der Waals surface area (Å²) in [4.78, 5) is 41.5. The highest BCUT2D eigenvalue weighted by Crippen LogP contribution is 2.28. The third-order valence-electron chi connectivity index (χ3n) is 6.70. The van der Waals surface area contributed by atoms with Gasteiger partial charge >= 0.3 is 0 Å². The highest BCUT2D eigenvalue weighted by atomic mass is 16.2. The molecule has 2 aliphatic heterocycles. The average molecular weight is 398 g/mol. The second-order valence-electron chi connectivity index (χ2n) is 8.83. The van der Waals surface area contributed by atoms with E-state index in [0.717, 1.165) is 24.1 Å². The lowest BCUT2D eigenvalue weighted by molar-refractivity contribution is -0.139. The van der Waals surface area contributed by atoms with Crippen molar-refractivity contribution in [2.24, 2.45) is 11.8 Å². The van der Waals surface area contributed by atoms with Gasteiger partial charge in [0, 0.05) is 43.7 Å². The van der Waals surface area contributed by atoms with Crippen LogP contribution in [0.2, 0.25) is 0 Å². The van der Waals surface area contributed by atoms with Crippen molar-refractivity contribution < 1.29 is 14.4 Å². The van der Waals surface area contributed by atoms with Crippen LogP contribution >= 0.6 is 0 Å². The van der Waals surface area contributed by atoms with Crippen molar-refractivity contribution in [3.8, 4) is 0 Å². The predicted octanol–water partition coefficient (Wildman–Crippen LogP) is 2.65. The van der Waals surface area contributed by atoms with E-state index >= 15 is 0 Å². The molecule has 0 bridgehead atoms. The molecule has 1 aromatic carbocycles. The smallest absolute Gasteiger partial charge is 0.228 e. The van der Waals surface area contributed by atoms with E-state index in [4.69, 9.17) is 0 Å². The van der Waals surface area contributed by atoms with Crippen LogP contribution in [0.25, 0.3) is 0 Å². The van der Waals surface area contributed by atoms with Crippen LogP contribution in [0.1, 0.15) is 50.5 Å². The fourth-order valence-corrected chi connectivity index (χ4v) is 4.86. The molecule has 6 heteroatoms. The standard InChI is InChI=1S/C23H31N3O3/c1-16-6-8-20(9-7-16)26-15-18(14-21(26)27)23(29)25-12-10-17(11-13-25)22(28)24-19-4-2-3-5-19/h6-9,17-19H,2-5,10-15H2,1H3,(H,24,28). The molecular formula is C23H31N3O3. The molecule has 2 heterocycles. The number of nitrogens with one attached hydrogen (secondary N) is 1. The number of nitrogens with zero attached hydrogens (tertiary/aromatic N) is 2. The summed E-state index contributed by atoms with van der Waals surface area (Å²) in [5, 5.41) is 3.19. The Balaban J connectivity index is 1.29. The number of carbonyl (C=O) groups is 3. The van der Waals surface area contributed by atoms with Crippen LogP contribution in [-0.4, -0.2) is 48.3 Å². The van der Waals surface area contributed by atoms with Crippen LogP contribution in [-0.2, 0) is 14.4 Å². The van der Waals surface area contributed by atoms with Gasteiger partial charge in [-0.1, -0.05) is 30.5 Å². The number of carbonyl (C=O) groups excluding carboxylic acids is 3. The molecular weight excluding hydrogens is 366 g/mol. The third kappa shape index (κ3) is 4.46. The first-order chi connectivity index (χ1) is 14.0. The highest BCUT2D eigenvalue weighted by molar-refractivity contribution is 6.00. The summed E-state index contributed by atoms with van der Waals surface area (Å²) in [6.07, 6.45) is 6.30. The maximum atomic E-state index is 13.0. The second kappa shape index (κ2) is 8.56. The zero-order valence-corrected chi connectivity index (χ0v) is 17.2. The third-order valence-corrected chi connectivity index (χ3v) is 6.70. The van der Waals surface area contributed by atoms with Gasteiger partial charge in [-0.05, 0) is 44.7 Å². The number of hydrogen-bond donors (Lipinski definition) is 1. The molecule has 0 radical (unpaired) electrons. The SMILES string of the molecule is Cc1ccc(N2CC(C(=O)N3CCC(C(=O)NC4CCCC4)CC3)CC2=O)cc1. The second-order valence-corrected chi connectivity index (χ2v) is 8.83. The van der Waals surface area contributed by atoms with Crippen molar-refractivity contribution in [1.82, 2.24) is 10.2 Å². The lowest BCUT2D eigenvalue weighted by Crippen LogP contribution is -2.46. The summed E-state index contributed by atoms with van der Waals surface area (Å²) in [5.74, 6) is -0.0483. The van der Waals surface area contributed by atoms with Gasteiger partial charge in [0.1, 0.15) is 0 Å². The van der Waals surface area contributed by atoms with E-state index in [0.29, 0.717) is 38.5 Å². The van der Waals surface area contributed by atoms with Crippen molar-refractivity contribution in [2.45, 2.75) is 57.9 Å². The van der Waals surface area contributed by atoms with Gasteiger partial charge in [0.25, 0.3) is 0 Å². The van der Waals surface area contributed by atoms with Crippen LogP contribution in [0.3, 0.4) is 0 Å². The van der Waals surface area contributed by atoms with Gasteiger partial charge in [0.05, 0.1) is 5.92 Å². The Morgan fingerprint density at radius 1 is 0.966 bits per heavy atom. The summed E-state index contributed by atoms with van der Waals surface area (Å²) < 4.78 is 0. The molecule has 4 rings (SSSR count). The Hall–Kier alpha value is -2.37. The maximum absolute atomic E-state index is 13.0. The van der Waals surface area contributed by atoms with Gasteiger partial charge < -0.3 is 15.1 Å². The average Bonchev–Trinajstić information content (AvgIpc) is 3.38. The Bertz CT molecular complexity index is 762. The number of aryl methyl sites for hydroxylation is 1. The summed E-state index contributed by atoms with van der Waals surface area (Å²) in [7, 11) is 0. The number of likely N-dealkylation sites (tertiary alicyclic amines) is 1. The first-order valence-electron chi connectivity index (χ1n) is 11.0. The molecule has 6 nitrogen and oxygen atoms in total. The summed E-state index contributed by atoms with van der Waals surface area (Å²) in [6, 6.07) is 8.20. The Kier molecular flexibility index (Phi) is 5.88. The van der Waals surface area contributed by atoms with Crippen LogP contribution in [0.4, 0.5) is 5.69 Å². The summed E-state index contributed by atoms with van der Waals surface area (Å²) in [6.45, 7) is 3.68. The van der Waals surface area contributed by atoms with Crippen molar-refractivity contribution in [1.29, 1.82) is 0 Å². The van der Waals surface area contributed by atoms with Crippen LogP contribution < -0.4 is 10.2 Å². The van der Waals surface area contributed by atoms with E-state index in [1.54, 1.807) is 4.90 Å². The number of rotatable bonds is 4. The lowest BCUT2D eigenvalue weighted by atomic mass is 9.94. The first kappa shape index (κ1) is 19.9. The molecule has 156 valence electrons. The number of benzene rings is 1. The van der Waals surface area contributed by atoms with Crippen molar-refractivity contribution in [3.63, 3.8) is 0 Å². The Morgan fingerprint density at radius 3 is 2.28 bits per heavy atom. The van der Waals surface area contributed by atoms with Crippen LogP contribution in [0, 0.1) is 18.8 Å². The molecule has 1 aliphatic carbocycles. The first-order valence-corrected chi connectivity index (χ1v) is 11.0. The molecule has 1 saturated carbocycles. The molecule has 1 atom stereocenters. The summed E-state index contributed by atoms with van der Waals surface area (Å²) in [5.41, 5.74) is 2.01. The van der Waals surface area contributed by atoms with E-state index in [1.165, 1.54) is 12.8 Å². The largest absolute Gasteiger partial charge is 0.353 e. The molecule has 3 amide bonds. The minimum atomic E-state index is -0.285. The zero-order chi connectivity index (χ0) is 20.4. The van der Waals surface area contributed by atoms with E-state index in [2.05, 4.69) is 5.32 Å². The van der Waals surface area contributed by atoms with Gasteiger partial charge in [0.15, 0.2) is 0 Å². The van der Waals surface area contributed by atoms with E-state index in [1.807, 2.05) is 36.1 Å². The Morgan fingerprint density at radius 2 is 1.62 bits per heavy atom. The molecule has 0 aromatic heterocycles. The van der Waals surface area contributed by atoms with E-state index in [9.17, 15) is 14.4 Å². The molecule has 3 aliphatic rings. The van der Waals surface area contributed by atoms with Crippen LogP contribution in [0.15, 0.2) is 24.3 Å². The minimum absolute atomic E-state index is 0.00826. The molecule has 1 aromatic rings. The maximum Gasteiger partial charge on any atom is 0.228 e. The lowest BCUT2D eigenvalue weighted by Gasteiger charge is -2.33. The molecule has 2 saturated heterocycles. The minimum Gasteiger partial charge on any atom is -0.353 e. The van der Waals surface area contributed by atoms with Crippen molar-refractivity contribution in [3.05, 3.63) is 29.8 Å². The zero-order valence-electron chi connectivity index (χ0n) is 17.2. The van der Waals surface area contributed by atoms with Crippen molar-refractivity contribution in [2.75, 3.05) is 24.5 Å². The number of anilines is 1. The number of hydrogen-bond acceptors (Lipinski definition) is 3. The topological polar surface area (TPSA) is 69.7 Å². The quantitative estimate of drug-likeness (QED) is 0.849. The van der Waals surface area contributed by atoms with Gasteiger partial charge in [0.2, 0.25) is 17.7 Å². The van der Waals surface area contributed by atoms with Gasteiger partial charge in [-0.25, -0.2) is 0 Å². The molecule has 3 fully saturated rings. The van der Waals surface area contributed by atoms with E-state index in [-0.39, 0.29) is 36.0 Å². The Labute approximate surface area is 172 Å². The number of amides is 3. The highest BCUT2D eigenvalue weighted by Gasteiger charge is 2.38. The van der Waals surface area contributed by atoms with Crippen LogP contribution in [0.5, 0.6) is 0 Å². The monoisotopic (exact) mass is 397 g/mol. The molecule has 1 N–H and O–H groups in total. The van der Waals surface area contributed by atoms with E-state index < -0.39 is 0 Å². The molecule has 29 heavy (non-hydrogen) atoms. The molecule has 1 unspecified atom stereocenters. The van der Waals surface area contributed by atoms with Gasteiger partial charge in [-0.2, -0.15) is 0 Å². The fourth-order valence-electron chi connectivity index (χ4n) is 4.86. The normalized spacial score (nSPS) is 23.6. The molecule has 0 spiro atoms. The predicted molar refractivity (Wildman–Crippen MR) is 111 cm³/mol.